The van der Waals surface area contributed by atoms with Crippen molar-refractivity contribution in [1.82, 2.24) is 0 Å². The van der Waals surface area contributed by atoms with Gasteiger partial charge in [0, 0.05) is 22.8 Å². The molecule has 0 spiro atoms. The summed E-state index contributed by atoms with van der Waals surface area (Å²) in [6.07, 6.45) is 0. The molecule has 0 aromatic heterocycles. The fourth-order valence-corrected chi connectivity index (χ4v) is 2.43. The third-order valence-electron chi connectivity index (χ3n) is 3.82. The van der Waals surface area contributed by atoms with Gasteiger partial charge in [0.1, 0.15) is 25.4 Å². The molecular formula is C21H24F2N2O4. The molecule has 0 fully saturated rings. The second-order valence-corrected chi connectivity index (χ2v) is 5.90. The van der Waals surface area contributed by atoms with Crippen LogP contribution in [0.25, 0.3) is 0 Å². The van der Waals surface area contributed by atoms with Gasteiger partial charge in [-0.1, -0.05) is 28.5 Å². The van der Waals surface area contributed by atoms with Crippen molar-refractivity contribution in [2.45, 2.75) is 27.4 Å². The standard InChI is InChI=1S/C19H20F2N2O2.C2H4O2/c1-12-6-5-7-18(14(3)22-24-4)19(12)11-25-23-13(2)15-8-16(20)10-17(21)9-15;1-4-2-3/h5-10H,11H2,1-4H3;2H,1H3/b22-14-,23-13+;. The number of hydrogen-bond donors (Lipinski definition) is 0. The van der Waals surface area contributed by atoms with E-state index < -0.39 is 11.6 Å². The molecule has 2 aromatic carbocycles. The van der Waals surface area contributed by atoms with E-state index >= 15 is 0 Å². The molecular weight excluding hydrogens is 382 g/mol. The Morgan fingerprint density at radius 1 is 1.03 bits per heavy atom. The summed E-state index contributed by atoms with van der Waals surface area (Å²) < 4.78 is 30.4. The van der Waals surface area contributed by atoms with E-state index in [0.717, 1.165) is 28.5 Å². The molecule has 0 aliphatic rings. The van der Waals surface area contributed by atoms with Gasteiger partial charge in [-0.05, 0) is 38.5 Å². The Bertz CT molecular complexity index is 863. The highest BCUT2D eigenvalue weighted by Crippen LogP contribution is 2.17. The van der Waals surface area contributed by atoms with Crippen LogP contribution in [0.15, 0.2) is 46.7 Å². The first-order valence-electron chi connectivity index (χ1n) is 8.60. The molecule has 0 saturated carbocycles. The van der Waals surface area contributed by atoms with Gasteiger partial charge in [0.05, 0.1) is 18.5 Å². The average molecular weight is 406 g/mol. The molecule has 0 amide bonds. The summed E-state index contributed by atoms with van der Waals surface area (Å²) >= 11 is 0. The zero-order valence-corrected chi connectivity index (χ0v) is 17.0. The van der Waals surface area contributed by atoms with Gasteiger partial charge < -0.3 is 14.4 Å². The molecule has 0 unspecified atom stereocenters. The Morgan fingerprint density at radius 3 is 2.21 bits per heavy atom. The van der Waals surface area contributed by atoms with Crippen molar-refractivity contribution < 1.29 is 28.0 Å². The maximum atomic E-state index is 13.3. The molecule has 29 heavy (non-hydrogen) atoms. The van der Waals surface area contributed by atoms with Gasteiger partial charge in [-0.3, -0.25) is 4.79 Å². The van der Waals surface area contributed by atoms with Crippen molar-refractivity contribution in [2.24, 2.45) is 10.3 Å². The molecule has 156 valence electrons. The Kier molecular flexibility index (Phi) is 10.0. The minimum Gasteiger partial charge on any atom is -0.471 e. The highest BCUT2D eigenvalue weighted by atomic mass is 19.1. The summed E-state index contributed by atoms with van der Waals surface area (Å²) in [4.78, 5) is 19.2. The number of hydrogen-bond acceptors (Lipinski definition) is 6. The lowest BCUT2D eigenvalue weighted by Gasteiger charge is -2.11. The molecule has 0 heterocycles. The number of methoxy groups -OCH3 is 1. The first kappa shape index (κ1) is 23.7. The lowest BCUT2D eigenvalue weighted by atomic mass is 10.00. The van der Waals surface area contributed by atoms with Crippen LogP contribution in [0, 0.1) is 18.6 Å². The van der Waals surface area contributed by atoms with E-state index in [1.54, 1.807) is 6.92 Å². The Hall–Kier alpha value is -3.29. The number of carbonyl (C=O) groups excluding carboxylic acids is 1. The van der Waals surface area contributed by atoms with E-state index in [1.165, 1.54) is 26.4 Å². The first-order valence-corrected chi connectivity index (χ1v) is 8.60. The van der Waals surface area contributed by atoms with Crippen LogP contribution in [0.4, 0.5) is 8.78 Å². The van der Waals surface area contributed by atoms with Crippen LogP contribution < -0.4 is 0 Å². The van der Waals surface area contributed by atoms with E-state index in [2.05, 4.69) is 15.0 Å². The summed E-state index contributed by atoms with van der Waals surface area (Å²) in [5.41, 5.74) is 4.27. The second-order valence-electron chi connectivity index (χ2n) is 5.90. The minimum atomic E-state index is -0.655. The summed E-state index contributed by atoms with van der Waals surface area (Å²) in [5, 5.41) is 7.92. The monoisotopic (exact) mass is 406 g/mol. The Balaban J connectivity index is 0.000000960. The average Bonchev–Trinajstić information content (AvgIpc) is 2.68. The summed E-state index contributed by atoms with van der Waals surface area (Å²) in [6.45, 7) is 6.00. The number of halogens is 2. The lowest BCUT2D eigenvalue weighted by molar-refractivity contribution is -0.126. The predicted octanol–water partition coefficient (Wildman–Crippen LogP) is 4.37. The summed E-state index contributed by atoms with van der Waals surface area (Å²) in [6, 6.07) is 9.03. The van der Waals surface area contributed by atoms with Crippen molar-refractivity contribution >= 4 is 17.9 Å². The van der Waals surface area contributed by atoms with E-state index in [1.807, 2.05) is 32.0 Å². The Morgan fingerprint density at radius 2 is 1.66 bits per heavy atom. The third kappa shape index (κ3) is 7.69. The van der Waals surface area contributed by atoms with Crippen LogP contribution in [0.3, 0.4) is 0 Å². The first-order chi connectivity index (χ1) is 13.8. The molecule has 8 heteroatoms. The van der Waals surface area contributed by atoms with Gasteiger partial charge in [0.15, 0.2) is 0 Å². The molecule has 6 nitrogen and oxygen atoms in total. The fourth-order valence-electron chi connectivity index (χ4n) is 2.43. The Labute approximate surface area is 168 Å². The zero-order valence-electron chi connectivity index (χ0n) is 17.0. The van der Waals surface area contributed by atoms with E-state index in [-0.39, 0.29) is 6.61 Å². The number of ether oxygens (including phenoxy) is 1. The normalized spacial score (nSPS) is 11.3. The minimum absolute atomic E-state index is 0.202. The van der Waals surface area contributed by atoms with Crippen molar-refractivity contribution in [2.75, 3.05) is 14.2 Å². The molecule has 0 aliphatic heterocycles. The fraction of sp³-hybridized carbons (Fsp3) is 0.286. The topological polar surface area (TPSA) is 69.5 Å². The number of nitrogens with zero attached hydrogens (tertiary/aromatic N) is 2. The number of benzene rings is 2. The highest BCUT2D eigenvalue weighted by Gasteiger charge is 2.10. The smallest absolute Gasteiger partial charge is 0.292 e. The van der Waals surface area contributed by atoms with Gasteiger partial charge in [-0.15, -0.1) is 0 Å². The van der Waals surface area contributed by atoms with Gasteiger partial charge in [0.2, 0.25) is 0 Å². The zero-order chi connectivity index (χ0) is 21.8. The van der Waals surface area contributed by atoms with Crippen LogP contribution in [0.5, 0.6) is 0 Å². The van der Waals surface area contributed by atoms with Gasteiger partial charge >= 0.3 is 0 Å². The number of oxime groups is 2. The van der Waals surface area contributed by atoms with Gasteiger partial charge in [-0.2, -0.15) is 0 Å². The summed E-state index contributed by atoms with van der Waals surface area (Å²) in [5.74, 6) is -1.31. The third-order valence-corrected chi connectivity index (χ3v) is 3.82. The molecule has 0 bridgehead atoms. The molecule has 0 aliphatic carbocycles. The largest absolute Gasteiger partial charge is 0.471 e. The molecule has 0 saturated heterocycles. The maximum absolute atomic E-state index is 13.3. The number of aryl methyl sites for hydroxylation is 1. The van der Waals surface area contributed by atoms with Crippen LogP contribution >= 0.6 is 0 Å². The summed E-state index contributed by atoms with van der Waals surface area (Å²) in [7, 11) is 2.80. The molecule has 0 radical (unpaired) electrons. The van der Waals surface area contributed by atoms with E-state index in [0.29, 0.717) is 17.7 Å². The highest BCUT2D eigenvalue weighted by molar-refractivity contribution is 6.00. The van der Waals surface area contributed by atoms with Gasteiger partial charge in [-0.25, -0.2) is 8.78 Å². The molecule has 2 rings (SSSR count). The quantitative estimate of drug-likeness (QED) is 0.389. The number of rotatable bonds is 7. The number of carbonyl (C=O) groups is 1. The maximum Gasteiger partial charge on any atom is 0.292 e. The van der Waals surface area contributed by atoms with Crippen LogP contribution in [-0.4, -0.2) is 32.1 Å². The predicted molar refractivity (Wildman–Crippen MR) is 107 cm³/mol. The SMILES string of the molecule is CO/N=C(/C)c1cccc(C)c1CO/N=C(\C)c1cc(F)cc(F)c1.COC=O. The van der Waals surface area contributed by atoms with Crippen LogP contribution in [0.1, 0.15) is 36.1 Å². The van der Waals surface area contributed by atoms with Gasteiger partial charge in [0.25, 0.3) is 6.47 Å². The van der Waals surface area contributed by atoms with Crippen molar-refractivity contribution in [3.05, 3.63) is 70.3 Å². The molecule has 2 aromatic rings. The van der Waals surface area contributed by atoms with E-state index in [9.17, 15) is 8.78 Å². The second kappa shape index (κ2) is 12.2. The van der Waals surface area contributed by atoms with Crippen LogP contribution in [-0.2, 0) is 25.8 Å². The van der Waals surface area contributed by atoms with Crippen molar-refractivity contribution in [1.29, 1.82) is 0 Å². The molecule has 0 N–H and O–H groups in total. The lowest BCUT2D eigenvalue weighted by Crippen LogP contribution is -2.05. The van der Waals surface area contributed by atoms with Crippen LogP contribution in [0.2, 0.25) is 0 Å². The van der Waals surface area contributed by atoms with Crippen molar-refractivity contribution in [3.63, 3.8) is 0 Å². The molecule has 0 atom stereocenters. The van der Waals surface area contributed by atoms with E-state index in [4.69, 9.17) is 14.5 Å². The van der Waals surface area contributed by atoms with Crippen molar-refractivity contribution in [3.8, 4) is 0 Å².